The van der Waals surface area contributed by atoms with E-state index in [1.165, 1.54) is 29.7 Å². The number of thiazole rings is 1. The zero-order chi connectivity index (χ0) is 22.1. The van der Waals surface area contributed by atoms with Crippen LogP contribution in [0, 0.1) is 10.1 Å². The first kappa shape index (κ1) is 21.4. The molecule has 4 rings (SSSR count). The minimum absolute atomic E-state index is 0.0151. The fraction of sp³-hybridized carbons (Fsp3) is 0.200. The van der Waals surface area contributed by atoms with Crippen LogP contribution in [0.2, 0.25) is 10.0 Å². The normalized spacial score (nSPS) is 13.5. The van der Waals surface area contributed by atoms with E-state index in [4.69, 9.17) is 32.7 Å². The molecule has 0 saturated heterocycles. The molecule has 3 aromatic rings. The summed E-state index contributed by atoms with van der Waals surface area (Å²) in [5.41, 5.74) is 1.46. The lowest BCUT2D eigenvalue weighted by Crippen LogP contribution is -2.14. The SMILES string of the molecule is CC(C)N=c1scc(-c2cc(Cl)ccc2Cl)n1N=Cc1cc2c(cc1[N+](=O)[O-])OCO2. The molecule has 0 spiro atoms. The van der Waals surface area contributed by atoms with Gasteiger partial charge in [0, 0.05) is 22.0 Å². The molecular weight excluding hydrogens is 463 g/mol. The zero-order valence-electron chi connectivity index (χ0n) is 16.4. The number of nitro groups is 1. The average molecular weight is 479 g/mol. The molecule has 0 atom stereocenters. The molecule has 31 heavy (non-hydrogen) atoms. The number of nitro benzene ring substituents is 1. The first-order valence-electron chi connectivity index (χ1n) is 9.15. The van der Waals surface area contributed by atoms with Gasteiger partial charge in [-0.15, -0.1) is 11.3 Å². The largest absolute Gasteiger partial charge is 0.454 e. The zero-order valence-corrected chi connectivity index (χ0v) is 18.7. The molecule has 160 valence electrons. The lowest BCUT2D eigenvalue weighted by Gasteiger charge is -2.07. The van der Waals surface area contributed by atoms with Gasteiger partial charge in [0.1, 0.15) is 0 Å². The molecule has 2 heterocycles. The summed E-state index contributed by atoms with van der Waals surface area (Å²) in [6, 6.07) is 8.01. The van der Waals surface area contributed by atoms with Crippen LogP contribution in [-0.4, -0.2) is 28.6 Å². The molecule has 11 heteroatoms. The van der Waals surface area contributed by atoms with Crippen LogP contribution >= 0.6 is 34.5 Å². The fourth-order valence-corrected chi connectivity index (χ4v) is 4.28. The van der Waals surface area contributed by atoms with Crippen LogP contribution in [-0.2, 0) is 0 Å². The molecule has 0 saturated carbocycles. The standard InChI is InChI=1S/C20H16Cl2N4O4S/c1-11(2)24-20-25(17(9-31-20)14-6-13(21)3-4-15(14)22)23-8-12-5-18-19(30-10-29-18)7-16(12)26(27)28/h3-9,11H,10H2,1-2H3. The van der Waals surface area contributed by atoms with Gasteiger partial charge >= 0.3 is 0 Å². The molecule has 0 amide bonds. The number of ether oxygens (including phenoxy) is 2. The minimum atomic E-state index is -0.490. The average Bonchev–Trinajstić information content (AvgIpc) is 3.33. The van der Waals surface area contributed by atoms with Gasteiger partial charge in [-0.3, -0.25) is 15.1 Å². The van der Waals surface area contributed by atoms with Crippen molar-refractivity contribution in [3.05, 3.63) is 66.2 Å². The first-order chi connectivity index (χ1) is 14.8. The molecule has 0 unspecified atom stereocenters. The Morgan fingerprint density at radius 1 is 1.23 bits per heavy atom. The van der Waals surface area contributed by atoms with E-state index in [0.717, 1.165) is 0 Å². The van der Waals surface area contributed by atoms with Crippen LogP contribution in [0.4, 0.5) is 5.69 Å². The Bertz CT molecular complexity index is 1270. The monoisotopic (exact) mass is 478 g/mol. The van der Waals surface area contributed by atoms with E-state index in [2.05, 4.69) is 10.1 Å². The van der Waals surface area contributed by atoms with E-state index >= 15 is 0 Å². The van der Waals surface area contributed by atoms with Crippen molar-refractivity contribution < 1.29 is 14.4 Å². The molecule has 0 aliphatic carbocycles. The van der Waals surface area contributed by atoms with Gasteiger partial charge in [0.15, 0.2) is 11.5 Å². The second-order valence-electron chi connectivity index (χ2n) is 6.83. The summed E-state index contributed by atoms with van der Waals surface area (Å²) in [7, 11) is 0. The predicted octanol–water partition coefficient (Wildman–Crippen LogP) is 5.35. The van der Waals surface area contributed by atoms with Crippen LogP contribution in [0.5, 0.6) is 11.5 Å². The number of nitrogens with zero attached hydrogens (tertiary/aromatic N) is 4. The van der Waals surface area contributed by atoms with Gasteiger partial charge in [0.2, 0.25) is 11.6 Å². The van der Waals surface area contributed by atoms with Gasteiger partial charge in [0.25, 0.3) is 5.69 Å². The molecule has 8 nitrogen and oxygen atoms in total. The van der Waals surface area contributed by atoms with Gasteiger partial charge in [-0.25, -0.2) is 4.68 Å². The summed E-state index contributed by atoms with van der Waals surface area (Å²) in [5, 5.41) is 19.0. The smallest absolute Gasteiger partial charge is 0.282 e. The Morgan fingerprint density at radius 3 is 2.68 bits per heavy atom. The molecule has 2 aromatic carbocycles. The van der Waals surface area contributed by atoms with Crippen molar-refractivity contribution in [2.45, 2.75) is 19.9 Å². The van der Waals surface area contributed by atoms with Crippen molar-refractivity contribution >= 4 is 46.4 Å². The topological polar surface area (TPSA) is 91.2 Å². The van der Waals surface area contributed by atoms with Crippen molar-refractivity contribution in [2.75, 3.05) is 6.79 Å². The maximum Gasteiger partial charge on any atom is 0.282 e. The lowest BCUT2D eigenvalue weighted by molar-refractivity contribution is -0.385. The highest BCUT2D eigenvalue weighted by molar-refractivity contribution is 7.07. The summed E-state index contributed by atoms with van der Waals surface area (Å²) in [5.74, 6) is 0.751. The summed E-state index contributed by atoms with van der Waals surface area (Å²) in [4.78, 5) is 16.3. The molecule has 0 bridgehead atoms. The van der Waals surface area contributed by atoms with Crippen molar-refractivity contribution in [2.24, 2.45) is 10.1 Å². The predicted molar refractivity (Wildman–Crippen MR) is 121 cm³/mol. The van der Waals surface area contributed by atoms with Gasteiger partial charge < -0.3 is 9.47 Å². The first-order valence-corrected chi connectivity index (χ1v) is 10.8. The third-order valence-electron chi connectivity index (χ3n) is 4.29. The summed E-state index contributed by atoms with van der Waals surface area (Å²) < 4.78 is 12.2. The molecule has 1 aliphatic rings. The number of rotatable bonds is 5. The lowest BCUT2D eigenvalue weighted by atomic mass is 10.1. The van der Waals surface area contributed by atoms with Crippen molar-refractivity contribution in [3.63, 3.8) is 0 Å². The minimum Gasteiger partial charge on any atom is -0.454 e. The second-order valence-corrected chi connectivity index (χ2v) is 8.51. The van der Waals surface area contributed by atoms with Crippen LogP contribution in [0.25, 0.3) is 11.3 Å². The Labute approximate surface area is 191 Å². The van der Waals surface area contributed by atoms with E-state index in [1.54, 1.807) is 22.9 Å². The number of aromatic nitrogens is 1. The maximum absolute atomic E-state index is 11.6. The van der Waals surface area contributed by atoms with Gasteiger partial charge in [-0.05, 0) is 38.1 Å². The Balaban J connectivity index is 1.87. The quantitative estimate of drug-likeness (QED) is 0.280. The number of halogens is 2. The molecule has 0 fully saturated rings. The van der Waals surface area contributed by atoms with Gasteiger partial charge in [-0.2, -0.15) is 5.10 Å². The third kappa shape index (κ3) is 4.43. The van der Waals surface area contributed by atoms with Crippen LogP contribution in [0.15, 0.2) is 45.8 Å². The highest BCUT2D eigenvalue weighted by Crippen LogP contribution is 2.37. The molecule has 0 radical (unpaired) electrons. The highest BCUT2D eigenvalue weighted by atomic mass is 35.5. The highest BCUT2D eigenvalue weighted by Gasteiger charge is 2.22. The van der Waals surface area contributed by atoms with Crippen molar-refractivity contribution in [3.8, 4) is 22.8 Å². The van der Waals surface area contributed by atoms with E-state index in [-0.39, 0.29) is 24.1 Å². The van der Waals surface area contributed by atoms with Crippen LogP contribution in [0.1, 0.15) is 19.4 Å². The Morgan fingerprint density at radius 2 is 1.97 bits per heavy atom. The molecule has 0 N–H and O–H groups in total. The Hall–Kier alpha value is -2.88. The van der Waals surface area contributed by atoms with Crippen molar-refractivity contribution in [1.29, 1.82) is 0 Å². The number of hydrogen-bond donors (Lipinski definition) is 0. The fourth-order valence-electron chi connectivity index (χ4n) is 2.93. The van der Waals surface area contributed by atoms with Crippen molar-refractivity contribution in [1.82, 2.24) is 4.68 Å². The van der Waals surface area contributed by atoms with E-state index in [1.807, 2.05) is 19.2 Å². The maximum atomic E-state index is 11.6. The third-order valence-corrected chi connectivity index (χ3v) is 5.68. The Kier molecular flexibility index (Phi) is 5.99. The number of benzene rings is 2. The van der Waals surface area contributed by atoms with Gasteiger partial charge in [0.05, 0.1) is 33.5 Å². The number of fused-ring (bicyclic) bond motifs is 1. The van der Waals surface area contributed by atoms with Gasteiger partial charge in [-0.1, -0.05) is 23.2 Å². The summed E-state index contributed by atoms with van der Waals surface area (Å²) in [6.45, 7) is 3.91. The number of hydrogen-bond acceptors (Lipinski definition) is 7. The summed E-state index contributed by atoms with van der Waals surface area (Å²) >= 11 is 13.9. The second kappa shape index (κ2) is 8.70. The summed E-state index contributed by atoms with van der Waals surface area (Å²) in [6.07, 6.45) is 1.40. The van der Waals surface area contributed by atoms with Crippen LogP contribution < -0.4 is 14.3 Å². The van der Waals surface area contributed by atoms with E-state index < -0.39 is 4.92 Å². The molecular formula is C20H16Cl2N4O4S. The van der Waals surface area contributed by atoms with E-state index in [0.29, 0.717) is 37.6 Å². The molecule has 1 aromatic heterocycles. The van der Waals surface area contributed by atoms with Crippen LogP contribution in [0.3, 0.4) is 0 Å². The molecule has 1 aliphatic heterocycles. The van der Waals surface area contributed by atoms with E-state index in [9.17, 15) is 10.1 Å².